The number of hydrogen-bond acceptors (Lipinski definition) is 3. The highest BCUT2D eigenvalue weighted by Gasteiger charge is 2.15. The van der Waals surface area contributed by atoms with Crippen molar-refractivity contribution in [1.29, 1.82) is 0 Å². The minimum Gasteiger partial charge on any atom is -0.377 e. The number of rotatable bonds is 4. The van der Waals surface area contributed by atoms with E-state index in [4.69, 9.17) is 16.3 Å². The molecule has 1 fully saturated rings. The third-order valence-electron chi connectivity index (χ3n) is 3.03. The SMILES string of the molecule is CN(Cc1ccnc(Cl)c1)CC1CCCCO1. The fourth-order valence-corrected chi connectivity index (χ4v) is 2.41. The van der Waals surface area contributed by atoms with E-state index in [1.807, 2.05) is 12.1 Å². The largest absolute Gasteiger partial charge is 0.377 e. The minimum absolute atomic E-state index is 0.394. The number of halogens is 1. The molecule has 4 heteroatoms. The van der Waals surface area contributed by atoms with E-state index in [2.05, 4.69) is 16.9 Å². The van der Waals surface area contributed by atoms with Crippen LogP contribution < -0.4 is 0 Å². The van der Waals surface area contributed by atoms with Crippen LogP contribution in [0.25, 0.3) is 0 Å². The Morgan fingerprint density at radius 3 is 3.12 bits per heavy atom. The summed E-state index contributed by atoms with van der Waals surface area (Å²) in [5.41, 5.74) is 1.20. The van der Waals surface area contributed by atoms with Crippen LogP contribution in [0.15, 0.2) is 18.3 Å². The Morgan fingerprint density at radius 1 is 1.53 bits per heavy atom. The van der Waals surface area contributed by atoms with Gasteiger partial charge in [-0.1, -0.05) is 11.6 Å². The summed E-state index contributed by atoms with van der Waals surface area (Å²) in [4.78, 5) is 6.26. The van der Waals surface area contributed by atoms with Gasteiger partial charge in [0.25, 0.3) is 0 Å². The molecule has 2 rings (SSSR count). The Bertz CT molecular complexity index is 353. The van der Waals surface area contributed by atoms with Crippen LogP contribution in [-0.2, 0) is 11.3 Å². The van der Waals surface area contributed by atoms with Gasteiger partial charge < -0.3 is 4.74 Å². The zero-order valence-electron chi connectivity index (χ0n) is 10.2. The normalized spacial score (nSPS) is 20.8. The van der Waals surface area contributed by atoms with Crippen LogP contribution in [0, 0.1) is 0 Å². The minimum atomic E-state index is 0.394. The fourth-order valence-electron chi connectivity index (χ4n) is 2.22. The van der Waals surface area contributed by atoms with Crippen molar-refractivity contribution in [2.75, 3.05) is 20.2 Å². The van der Waals surface area contributed by atoms with Crippen LogP contribution in [0.2, 0.25) is 5.15 Å². The molecule has 0 bridgehead atoms. The fraction of sp³-hybridized carbons (Fsp3) is 0.615. The van der Waals surface area contributed by atoms with Gasteiger partial charge in [0.05, 0.1) is 6.10 Å². The van der Waals surface area contributed by atoms with Gasteiger partial charge in [0, 0.05) is 25.9 Å². The lowest BCUT2D eigenvalue weighted by Crippen LogP contribution is -2.33. The van der Waals surface area contributed by atoms with E-state index in [9.17, 15) is 0 Å². The molecule has 0 saturated carbocycles. The molecule has 94 valence electrons. The number of hydrogen-bond donors (Lipinski definition) is 0. The van der Waals surface area contributed by atoms with Crippen LogP contribution in [0.4, 0.5) is 0 Å². The second-order valence-electron chi connectivity index (χ2n) is 4.67. The highest BCUT2D eigenvalue weighted by Crippen LogP contribution is 2.15. The van der Waals surface area contributed by atoms with E-state index in [0.29, 0.717) is 11.3 Å². The number of pyridine rings is 1. The van der Waals surface area contributed by atoms with Gasteiger partial charge in [0.1, 0.15) is 5.15 Å². The molecule has 0 aromatic carbocycles. The van der Waals surface area contributed by atoms with Crippen LogP contribution >= 0.6 is 11.6 Å². The highest BCUT2D eigenvalue weighted by molar-refractivity contribution is 6.29. The van der Waals surface area contributed by atoms with E-state index in [-0.39, 0.29) is 0 Å². The lowest BCUT2D eigenvalue weighted by Gasteiger charge is -2.27. The summed E-state index contributed by atoms with van der Waals surface area (Å²) in [6.07, 6.45) is 5.83. The number of ether oxygens (including phenoxy) is 1. The van der Waals surface area contributed by atoms with Crippen molar-refractivity contribution in [3.8, 4) is 0 Å². The van der Waals surface area contributed by atoms with Crippen molar-refractivity contribution >= 4 is 11.6 Å². The Morgan fingerprint density at radius 2 is 2.41 bits per heavy atom. The molecule has 1 aromatic heterocycles. The van der Waals surface area contributed by atoms with Crippen molar-refractivity contribution in [2.24, 2.45) is 0 Å². The monoisotopic (exact) mass is 254 g/mol. The maximum absolute atomic E-state index is 5.87. The molecule has 1 aliphatic heterocycles. The molecule has 2 heterocycles. The Hall–Kier alpha value is -0.640. The van der Waals surface area contributed by atoms with Gasteiger partial charge >= 0.3 is 0 Å². The molecule has 3 nitrogen and oxygen atoms in total. The number of nitrogens with zero attached hydrogens (tertiary/aromatic N) is 2. The predicted molar refractivity (Wildman–Crippen MR) is 69.2 cm³/mol. The van der Waals surface area contributed by atoms with Crippen molar-refractivity contribution in [3.63, 3.8) is 0 Å². The molecular weight excluding hydrogens is 236 g/mol. The molecule has 0 N–H and O–H groups in total. The van der Waals surface area contributed by atoms with Crippen LogP contribution in [0.1, 0.15) is 24.8 Å². The van der Waals surface area contributed by atoms with Gasteiger partial charge in [-0.05, 0) is 44.0 Å². The van der Waals surface area contributed by atoms with E-state index in [1.54, 1.807) is 6.20 Å². The third-order valence-corrected chi connectivity index (χ3v) is 3.24. The summed E-state index contributed by atoms with van der Waals surface area (Å²) in [6.45, 7) is 2.79. The number of likely N-dealkylation sites (N-methyl/N-ethyl adjacent to an activating group) is 1. The first kappa shape index (κ1) is 12.8. The van der Waals surface area contributed by atoms with E-state index in [1.165, 1.54) is 24.8 Å². The van der Waals surface area contributed by atoms with E-state index < -0.39 is 0 Å². The summed E-state index contributed by atoms with van der Waals surface area (Å²) >= 11 is 5.87. The first-order chi connectivity index (χ1) is 8.24. The summed E-state index contributed by atoms with van der Waals surface area (Å²) < 4.78 is 5.73. The van der Waals surface area contributed by atoms with Gasteiger partial charge in [-0.3, -0.25) is 4.90 Å². The standard InChI is InChI=1S/C13H19ClN2O/c1-16(10-12-4-2-3-7-17-12)9-11-5-6-15-13(14)8-11/h5-6,8,12H,2-4,7,9-10H2,1H3. The van der Waals surface area contributed by atoms with Crippen molar-refractivity contribution in [2.45, 2.75) is 31.9 Å². The average molecular weight is 255 g/mol. The predicted octanol–water partition coefficient (Wildman–Crippen LogP) is 2.74. The second kappa shape index (κ2) is 6.34. The Kier molecular flexibility index (Phi) is 4.77. The van der Waals surface area contributed by atoms with Crippen molar-refractivity contribution < 1.29 is 4.74 Å². The molecule has 1 unspecified atom stereocenters. The van der Waals surface area contributed by atoms with Crippen LogP contribution in [0.3, 0.4) is 0 Å². The highest BCUT2D eigenvalue weighted by atomic mass is 35.5. The maximum Gasteiger partial charge on any atom is 0.129 e. The second-order valence-corrected chi connectivity index (χ2v) is 5.06. The summed E-state index contributed by atoms with van der Waals surface area (Å²) in [5, 5.41) is 0.560. The molecule has 1 saturated heterocycles. The first-order valence-electron chi connectivity index (χ1n) is 6.14. The Balaban J connectivity index is 1.82. The molecule has 17 heavy (non-hydrogen) atoms. The molecule has 1 atom stereocenters. The van der Waals surface area contributed by atoms with Gasteiger partial charge in [0.15, 0.2) is 0 Å². The summed E-state index contributed by atoms with van der Waals surface area (Å²) in [7, 11) is 2.12. The smallest absolute Gasteiger partial charge is 0.129 e. The molecule has 0 aliphatic carbocycles. The van der Waals surface area contributed by atoms with Crippen LogP contribution in [-0.4, -0.2) is 36.2 Å². The molecular formula is C13H19ClN2O. The topological polar surface area (TPSA) is 25.4 Å². The Labute approximate surface area is 108 Å². The first-order valence-corrected chi connectivity index (χ1v) is 6.52. The van der Waals surface area contributed by atoms with Gasteiger partial charge in [-0.15, -0.1) is 0 Å². The van der Waals surface area contributed by atoms with Crippen molar-refractivity contribution in [1.82, 2.24) is 9.88 Å². The maximum atomic E-state index is 5.87. The molecule has 0 amide bonds. The summed E-state index contributed by atoms with van der Waals surface area (Å²) in [5.74, 6) is 0. The third kappa shape index (κ3) is 4.26. The van der Waals surface area contributed by atoms with Gasteiger partial charge in [-0.2, -0.15) is 0 Å². The van der Waals surface area contributed by atoms with E-state index in [0.717, 1.165) is 19.7 Å². The molecule has 0 spiro atoms. The average Bonchev–Trinajstić information content (AvgIpc) is 2.30. The van der Waals surface area contributed by atoms with Crippen LogP contribution in [0.5, 0.6) is 0 Å². The molecule has 1 aromatic rings. The van der Waals surface area contributed by atoms with E-state index >= 15 is 0 Å². The van der Waals surface area contributed by atoms with Gasteiger partial charge in [0.2, 0.25) is 0 Å². The van der Waals surface area contributed by atoms with Crippen molar-refractivity contribution in [3.05, 3.63) is 29.0 Å². The number of aromatic nitrogens is 1. The quantitative estimate of drug-likeness (QED) is 0.773. The summed E-state index contributed by atoms with van der Waals surface area (Å²) in [6, 6.07) is 3.92. The molecule has 0 radical (unpaired) electrons. The lowest BCUT2D eigenvalue weighted by molar-refractivity contribution is -0.00259. The molecule has 1 aliphatic rings. The lowest BCUT2D eigenvalue weighted by atomic mass is 10.1. The zero-order valence-corrected chi connectivity index (χ0v) is 11.0. The van der Waals surface area contributed by atoms with Gasteiger partial charge in [-0.25, -0.2) is 4.98 Å². The zero-order chi connectivity index (χ0) is 12.1.